The van der Waals surface area contributed by atoms with Gasteiger partial charge in [0.05, 0.1) is 4.90 Å². The summed E-state index contributed by atoms with van der Waals surface area (Å²) in [6.07, 6.45) is 4.26. The van der Waals surface area contributed by atoms with Gasteiger partial charge in [-0.1, -0.05) is 6.07 Å². The van der Waals surface area contributed by atoms with Crippen LogP contribution in [0.3, 0.4) is 0 Å². The minimum absolute atomic E-state index is 0.599. The van der Waals surface area contributed by atoms with Crippen molar-refractivity contribution in [1.29, 1.82) is 0 Å². The molecule has 17 heavy (non-hydrogen) atoms. The Morgan fingerprint density at radius 1 is 1.18 bits per heavy atom. The highest BCUT2D eigenvalue weighted by molar-refractivity contribution is 7.92. The van der Waals surface area contributed by atoms with Gasteiger partial charge in [-0.25, -0.2) is 8.42 Å². The molecule has 93 valence electrons. The molecule has 0 spiro atoms. The fourth-order valence-electron chi connectivity index (χ4n) is 1.84. The van der Waals surface area contributed by atoms with Crippen LogP contribution < -0.4 is 0 Å². The molecule has 0 saturated carbocycles. The van der Waals surface area contributed by atoms with E-state index in [-0.39, 0.29) is 0 Å². The molecule has 0 N–H and O–H groups in total. The normalized spacial score (nSPS) is 16.6. The molecular formula is C11H10F3O2S. The summed E-state index contributed by atoms with van der Waals surface area (Å²) in [4.78, 5) is -0.679. The molecule has 1 aromatic carbocycles. The number of aryl methyl sites for hydroxylation is 1. The Labute approximate surface area is 97.4 Å². The van der Waals surface area contributed by atoms with Crippen molar-refractivity contribution in [3.8, 4) is 0 Å². The average molecular weight is 263 g/mol. The van der Waals surface area contributed by atoms with Crippen molar-refractivity contribution in [2.24, 2.45) is 0 Å². The first-order valence-corrected chi connectivity index (χ1v) is 6.58. The molecule has 0 atom stereocenters. The van der Waals surface area contributed by atoms with Crippen molar-refractivity contribution in [3.05, 3.63) is 35.7 Å². The van der Waals surface area contributed by atoms with Gasteiger partial charge in [0.2, 0.25) is 0 Å². The van der Waals surface area contributed by atoms with Crippen LogP contribution in [0, 0.1) is 6.42 Å². The molecule has 0 heterocycles. The molecule has 0 bridgehead atoms. The van der Waals surface area contributed by atoms with Crippen LogP contribution in [0.4, 0.5) is 13.2 Å². The molecule has 0 aromatic heterocycles. The SMILES string of the molecule is O=S(=O)(c1ccc2c(c1)[CH]CCC2)C(F)(F)F. The van der Waals surface area contributed by atoms with Crippen LogP contribution in [-0.2, 0) is 16.3 Å². The second-order valence-corrected chi connectivity index (χ2v) is 5.85. The topological polar surface area (TPSA) is 34.1 Å². The standard InChI is InChI=1S/C11H10F3O2S/c12-11(13,14)17(15,16)10-6-5-8-3-1-2-4-9(8)7-10/h4-7H,1-3H2. The zero-order chi connectivity index (χ0) is 12.7. The number of alkyl halides is 3. The Hall–Kier alpha value is -1.04. The molecule has 1 aliphatic carbocycles. The van der Waals surface area contributed by atoms with Crippen LogP contribution in [0.2, 0.25) is 0 Å². The van der Waals surface area contributed by atoms with Crippen molar-refractivity contribution in [2.45, 2.75) is 29.7 Å². The smallest absolute Gasteiger partial charge is 0.214 e. The first-order chi connectivity index (χ1) is 7.82. The molecule has 0 amide bonds. The van der Waals surface area contributed by atoms with E-state index in [0.29, 0.717) is 5.56 Å². The van der Waals surface area contributed by atoms with E-state index >= 15 is 0 Å². The first kappa shape index (κ1) is 12.4. The largest absolute Gasteiger partial charge is 0.501 e. The van der Waals surface area contributed by atoms with E-state index in [1.807, 2.05) is 0 Å². The molecule has 2 rings (SSSR count). The van der Waals surface area contributed by atoms with Crippen LogP contribution in [-0.4, -0.2) is 13.9 Å². The van der Waals surface area contributed by atoms with Gasteiger partial charge in [-0.15, -0.1) is 0 Å². The lowest BCUT2D eigenvalue weighted by Gasteiger charge is -2.16. The van der Waals surface area contributed by atoms with E-state index in [0.717, 1.165) is 37.0 Å². The summed E-state index contributed by atoms with van der Waals surface area (Å²) in [6.45, 7) is 0. The number of halogens is 3. The van der Waals surface area contributed by atoms with Gasteiger partial charge in [-0.2, -0.15) is 13.2 Å². The van der Waals surface area contributed by atoms with E-state index in [4.69, 9.17) is 0 Å². The fourth-order valence-corrected chi connectivity index (χ4v) is 2.64. The van der Waals surface area contributed by atoms with Gasteiger partial charge < -0.3 is 0 Å². The molecule has 0 aliphatic heterocycles. The van der Waals surface area contributed by atoms with Gasteiger partial charge in [0.1, 0.15) is 0 Å². The molecule has 0 fully saturated rings. The molecule has 0 unspecified atom stereocenters. The molecular weight excluding hydrogens is 253 g/mol. The maximum Gasteiger partial charge on any atom is 0.501 e. The third-order valence-corrected chi connectivity index (χ3v) is 4.23. The third-order valence-electron chi connectivity index (χ3n) is 2.75. The summed E-state index contributed by atoms with van der Waals surface area (Å²) in [5.41, 5.74) is -3.74. The lowest BCUT2D eigenvalue weighted by atomic mass is 9.92. The summed E-state index contributed by atoms with van der Waals surface area (Å²) < 4.78 is 59.5. The minimum Gasteiger partial charge on any atom is -0.214 e. The minimum atomic E-state index is -5.24. The van der Waals surface area contributed by atoms with Gasteiger partial charge in [-0.3, -0.25) is 0 Å². The first-order valence-electron chi connectivity index (χ1n) is 5.10. The molecule has 0 saturated heterocycles. The van der Waals surface area contributed by atoms with Crippen LogP contribution in [0.1, 0.15) is 24.0 Å². The number of fused-ring (bicyclic) bond motifs is 1. The predicted octanol–water partition coefficient (Wildman–Crippen LogP) is 2.87. The summed E-state index contributed by atoms with van der Waals surface area (Å²) in [6, 6.07) is 3.60. The van der Waals surface area contributed by atoms with Gasteiger partial charge in [0, 0.05) is 0 Å². The van der Waals surface area contributed by atoms with E-state index in [2.05, 4.69) is 0 Å². The van der Waals surface area contributed by atoms with Crippen molar-refractivity contribution < 1.29 is 21.6 Å². The second-order valence-electron chi connectivity index (χ2n) is 3.91. The van der Waals surface area contributed by atoms with Gasteiger partial charge >= 0.3 is 5.51 Å². The van der Waals surface area contributed by atoms with Crippen molar-refractivity contribution in [2.75, 3.05) is 0 Å². The predicted molar refractivity (Wildman–Crippen MR) is 56.0 cm³/mol. The summed E-state index contributed by atoms with van der Waals surface area (Å²) >= 11 is 0. The monoisotopic (exact) mass is 263 g/mol. The van der Waals surface area contributed by atoms with Crippen LogP contribution in [0.15, 0.2) is 23.1 Å². The summed E-state index contributed by atoms with van der Waals surface area (Å²) in [5.74, 6) is 0. The van der Waals surface area contributed by atoms with E-state index in [9.17, 15) is 21.6 Å². The zero-order valence-electron chi connectivity index (χ0n) is 8.79. The summed E-state index contributed by atoms with van der Waals surface area (Å²) in [5, 5.41) is 0. The highest BCUT2D eigenvalue weighted by Crippen LogP contribution is 2.33. The number of hydrogen-bond donors (Lipinski definition) is 0. The van der Waals surface area contributed by atoms with E-state index in [1.165, 1.54) is 6.07 Å². The number of benzene rings is 1. The summed E-state index contributed by atoms with van der Waals surface area (Å²) in [7, 11) is -5.23. The highest BCUT2D eigenvalue weighted by Gasteiger charge is 2.46. The zero-order valence-corrected chi connectivity index (χ0v) is 9.61. The fraction of sp³-hybridized carbons (Fsp3) is 0.364. The quantitative estimate of drug-likeness (QED) is 0.780. The van der Waals surface area contributed by atoms with Crippen molar-refractivity contribution in [1.82, 2.24) is 0 Å². The lowest BCUT2D eigenvalue weighted by Crippen LogP contribution is -2.23. The Bertz CT molecular complexity index is 532. The highest BCUT2D eigenvalue weighted by atomic mass is 32.2. The van der Waals surface area contributed by atoms with Crippen LogP contribution >= 0.6 is 0 Å². The van der Waals surface area contributed by atoms with Gasteiger partial charge in [0.25, 0.3) is 9.84 Å². The van der Waals surface area contributed by atoms with Crippen LogP contribution in [0.5, 0.6) is 0 Å². The Morgan fingerprint density at radius 2 is 1.88 bits per heavy atom. The van der Waals surface area contributed by atoms with Crippen molar-refractivity contribution >= 4 is 9.84 Å². The molecule has 1 aromatic rings. The Kier molecular flexibility index (Phi) is 2.93. The van der Waals surface area contributed by atoms with Crippen LogP contribution in [0.25, 0.3) is 0 Å². The number of rotatable bonds is 1. The second kappa shape index (κ2) is 4.01. The lowest BCUT2D eigenvalue weighted by molar-refractivity contribution is -0.0436. The maximum atomic E-state index is 12.4. The number of sulfone groups is 1. The third kappa shape index (κ3) is 2.18. The maximum absolute atomic E-state index is 12.4. The Balaban J connectivity index is 2.48. The van der Waals surface area contributed by atoms with E-state index < -0.39 is 20.2 Å². The molecule has 1 radical (unpaired) electrons. The average Bonchev–Trinajstić information content (AvgIpc) is 2.27. The Morgan fingerprint density at radius 3 is 2.53 bits per heavy atom. The van der Waals surface area contributed by atoms with Gasteiger partial charge in [-0.05, 0) is 48.9 Å². The van der Waals surface area contributed by atoms with Crippen molar-refractivity contribution in [3.63, 3.8) is 0 Å². The molecule has 1 aliphatic rings. The van der Waals surface area contributed by atoms with Gasteiger partial charge in [0.15, 0.2) is 0 Å². The van der Waals surface area contributed by atoms with E-state index in [1.54, 1.807) is 6.42 Å². The number of hydrogen-bond acceptors (Lipinski definition) is 2. The molecule has 2 nitrogen and oxygen atoms in total. The molecule has 6 heteroatoms.